The lowest BCUT2D eigenvalue weighted by atomic mass is 9.99. The summed E-state index contributed by atoms with van der Waals surface area (Å²) in [7, 11) is 1.64. The van der Waals surface area contributed by atoms with Crippen LogP contribution in [0, 0.1) is 0 Å². The molecule has 114 valence electrons. The third-order valence-electron chi connectivity index (χ3n) is 3.51. The van der Waals surface area contributed by atoms with E-state index in [1.54, 1.807) is 25.3 Å². The van der Waals surface area contributed by atoms with Crippen molar-refractivity contribution in [1.82, 2.24) is 4.90 Å². The van der Waals surface area contributed by atoms with Crippen molar-refractivity contribution >= 4 is 46.4 Å². The van der Waals surface area contributed by atoms with Crippen LogP contribution in [0.3, 0.4) is 0 Å². The molecular weight excluding hydrogens is 318 g/mol. The molecule has 2 heterocycles. The number of amides is 1. The van der Waals surface area contributed by atoms with Gasteiger partial charge in [0.05, 0.1) is 10.5 Å². The molecule has 1 aromatic rings. The number of likely N-dealkylation sites (N-methyl/N-ethyl adjacent to an activating group) is 1. The Morgan fingerprint density at radius 1 is 1.41 bits per heavy atom. The number of thiocarbonyl (C=S) groups is 1. The highest BCUT2D eigenvalue weighted by Crippen LogP contribution is 2.40. The predicted octanol–water partition coefficient (Wildman–Crippen LogP) is 3.41. The average Bonchev–Trinajstić information content (AvgIpc) is 2.68. The predicted molar refractivity (Wildman–Crippen MR) is 92.8 cm³/mol. The van der Waals surface area contributed by atoms with Crippen LogP contribution in [0.2, 0.25) is 0 Å². The van der Waals surface area contributed by atoms with Crippen LogP contribution in [-0.2, 0) is 4.79 Å². The first-order valence-corrected chi connectivity index (χ1v) is 7.97. The lowest BCUT2D eigenvalue weighted by Gasteiger charge is -2.28. The minimum Gasteiger partial charge on any atom is -0.507 e. The lowest BCUT2D eigenvalue weighted by Crippen LogP contribution is -2.27. The van der Waals surface area contributed by atoms with Crippen molar-refractivity contribution < 1.29 is 14.6 Å². The maximum atomic E-state index is 12.0. The highest BCUT2D eigenvalue weighted by Gasteiger charge is 2.29. The molecule has 1 saturated heterocycles. The summed E-state index contributed by atoms with van der Waals surface area (Å²) >= 11 is 6.33. The topological polar surface area (TPSA) is 49.8 Å². The van der Waals surface area contributed by atoms with Gasteiger partial charge in [-0.3, -0.25) is 9.69 Å². The third kappa shape index (κ3) is 2.53. The molecule has 6 heteroatoms. The number of thioether (sulfide) groups is 1. The SMILES string of the molecule is CN1C(=O)/C(=C\c2ccc3c(c2O)C=CC(C)(C)O3)SC1=S. The largest absolute Gasteiger partial charge is 0.507 e. The zero-order valence-electron chi connectivity index (χ0n) is 12.4. The minimum absolute atomic E-state index is 0.102. The molecule has 1 amide bonds. The molecule has 0 aliphatic carbocycles. The van der Waals surface area contributed by atoms with Crippen LogP contribution < -0.4 is 4.74 Å². The Balaban J connectivity index is 2.01. The summed E-state index contributed by atoms with van der Waals surface area (Å²) in [5.74, 6) is 0.579. The quantitative estimate of drug-likeness (QED) is 0.630. The molecule has 0 radical (unpaired) electrons. The van der Waals surface area contributed by atoms with E-state index in [2.05, 4.69) is 0 Å². The van der Waals surface area contributed by atoms with Gasteiger partial charge in [-0.2, -0.15) is 0 Å². The van der Waals surface area contributed by atoms with Crippen LogP contribution >= 0.6 is 24.0 Å². The Bertz CT molecular complexity index is 750. The van der Waals surface area contributed by atoms with Gasteiger partial charge in [-0.15, -0.1) is 0 Å². The number of carbonyl (C=O) groups excluding carboxylic acids is 1. The molecule has 22 heavy (non-hydrogen) atoms. The number of nitrogens with zero attached hydrogens (tertiary/aromatic N) is 1. The van der Waals surface area contributed by atoms with E-state index in [4.69, 9.17) is 17.0 Å². The van der Waals surface area contributed by atoms with Gasteiger partial charge in [0.15, 0.2) is 0 Å². The first-order chi connectivity index (χ1) is 10.3. The Morgan fingerprint density at radius 3 is 2.77 bits per heavy atom. The van der Waals surface area contributed by atoms with E-state index in [9.17, 15) is 9.90 Å². The van der Waals surface area contributed by atoms with E-state index in [1.165, 1.54) is 16.7 Å². The number of hydrogen-bond donors (Lipinski definition) is 1. The van der Waals surface area contributed by atoms with Gasteiger partial charge < -0.3 is 9.84 Å². The first-order valence-electron chi connectivity index (χ1n) is 6.74. The van der Waals surface area contributed by atoms with Crippen molar-refractivity contribution in [2.24, 2.45) is 0 Å². The summed E-state index contributed by atoms with van der Waals surface area (Å²) in [4.78, 5) is 14.0. The Kier molecular flexibility index (Phi) is 3.53. The first kappa shape index (κ1) is 15.1. The molecule has 0 spiro atoms. The number of fused-ring (bicyclic) bond motifs is 1. The second-order valence-electron chi connectivity index (χ2n) is 5.69. The zero-order chi connectivity index (χ0) is 16.1. The average molecular weight is 333 g/mol. The highest BCUT2D eigenvalue weighted by molar-refractivity contribution is 8.26. The Morgan fingerprint density at radius 2 is 2.14 bits per heavy atom. The lowest BCUT2D eigenvalue weighted by molar-refractivity contribution is -0.121. The van der Waals surface area contributed by atoms with E-state index in [-0.39, 0.29) is 11.7 Å². The van der Waals surface area contributed by atoms with Crippen molar-refractivity contribution in [3.05, 3.63) is 34.2 Å². The van der Waals surface area contributed by atoms with Gasteiger partial charge in [-0.25, -0.2) is 0 Å². The van der Waals surface area contributed by atoms with Crippen LogP contribution in [0.25, 0.3) is 12.2 Å². The monoisotopic (exact) mass is 333 g/mol. The molecule has 1 aromatic carbocycles. The third-order valence-corrected chi connectivity index (χ3v) is 4.99. The number of aromatic hydroxyl groups is 1. The van der Waals surface area contributed by atoms with Crippen LogP contribution in [-0.4, -0.2) is 32.9 Å². The molecule has 3 rings (SSSR count). The molecule has 1 N–H and O–H groups in total. The summed E-state index contributed by atoms with van der Waals surface area (Å²) in [5.41, 5.74) is 0.798. The Labute approximate surface area is 138 Å². The molecule has 0 unspecified atom stereocenters. The normalized spacial score (nSPS) is 21.2. The summed E-state index contributed by atoms with van der Waals surface area (Å²) in [6, 6.07) is 3.55. The summed E-state index contributed by atoms with van der Waals surface area (Å²) in [6.07, 6.45) is 5.40. The zero-order valence-corrected chi connectivity index (χ0v) is 14.0. The van der Waals surface area contributed by atoms with Crippen molar-refractivity contribution in [2.45, 2.75) is 19.4 Å². The van der Waals surface area contributed by atoms with Gasteiger partial charge in [-0.05, 0) is 44.2 Å². The molecular formula is C16H15NO3S2. The van der Waals surface area contributed by atoms with Gasteiger partial charge in [0.1, 0.15) is 21.4 Å². The summed E-state index contributed by atoms with van der Waals surface area (Å²) < 4.78 is 6.32. The second kappa shape index (κ2) is 5.14. The number of ether oxygens (including phenoxy) is 1. The maximum absolute atomic E-state index is 12.0. The minimum atomic E-state index is -0.397. The van der Waals surface area contributed by atoms with Crippen LogP contribution in [0.5, 0.6) is 11.5 Å². The van der Waals surface area contributed by atoms with Gasteiger partial charge in [0.25, 0.3) is 5.91 Å². The van der Waals surface area contributed by atoms with Gasteiger partial charge in [0.2, 0.25) is 0 Å². The smallest absolute Gasteiger partial charge is 0.265 e. The van der Waals surface area contributed by atoms with Crippen LogP contribution in [0.15, 0.2) is 23.1 Å². The van der Waals surface area contributed by atoms with Gasteiger partial charge in [-0.1, -0.05) is 24.0 Å². The molecule has 1 fully saturated rings. The van der Waals surface area contributed by atoms with E-state index in [1.807, 2.05) is 26.0 Å². The standard InChI is InChI=1S/C16H15NO3S2/c1-16(2)7-6-10-11(20-16)5-4-9(13(10)18)8-12-14(19)17(3)15(21)22-12/h4-8,18H,1-3H3/b12-8+. The van der Waals surface area contributed by atoms with Gasteiger partial charge in [0, 0.05) is 12.6 Å². The molecule has 2 aliphatic rings. The van der Waals surface area contributed by atoms with Crippen molar-refractivity contribution in [1.29, 1.82) is 0 Å². The van der Waals surface area contributed by atoms with Crippen LogP contribution in [0.1, 0.15) is 25.0 Å². The molecule has 0 atom stereocenters. The van der Waals surface area contributed by atoms with E-state index < -0.39 is 5.60 Å². The van der Waals surface area contributed by atoms with E-state index in [0.717, 1.165) is 0 Å². The molecule has 2 aliphatic heterocycles. The maximum Gasteiger partial charge on any atom is 0.265 e. The van der Waals surface area contributed by atoms with E-state index in [0.29, 0.717) is 26.1 Å². The molecule has 0 aromatic heterocycles. The number of phenols is 1. The van der Waals surface area contributed by atoms with Crippen molar-refractivity contribution in [3.8, 4) is 11.5 Å². The molecule has 0 bridgehead atoms. The fraction of sp³-hybridized carbons (Fsp3) is 0.250. The van der Waals surface area contributed by atoms with Crippen molar-refractivity contribution in [3.63, 3.8) is 0 Å². The number of carbonyl (C=O) groups is 1. The number of hydrogen-bond acceptors (Lipinski definition) is 5. The molecule has 0 saturated carbocycles. The van der Waals surface area contributed by atoms with E-state index >= 15 is 0 Å². The van der Waals surface area contributed by atoms with Gasteiger partial charge >= 0.3 is 0 Å². The Hall–Kier alpha value is -1.79. The fourth-order valence-electron chi connectivity index (χ4n) is 2.26. The second-order valence-corrected chi connectivity index (χ2v) is 7.37. The number of phenolic OH excluding ortho intramolecular Hbond substituents is 1. The summed E-state index contributed by atoms with van der Waals surface area (Å²) in [6.45, 7) is 3.90. The number of benzene rings is 1. The van der Waals surface area contributed by atoms with Crippen molar-refractivity contribution in [2.75, 3.05) is 7.05 Å². The highest BCUT2D eigenvalue weighted by atomic mass is 32.2. The fourth-order valence-corrected chi connectivity index (χ4v) is 3.43. The molecule has 4 nitrogen and oxygen atoms in total. The summed E-state index contributed by atoms with van der Waals surface area (Å²) in [5, 5.41) is 10.4. The number of rotatable bonds is 1. The van der Waals surface area contributed by atoms with Crippen LogP contribution in [0.4, 0.5) is 0 Å².